The van der Waals surface area contributed by atoms with E-state index < -0.39 is 0 Å². The molecule has 0 aliphatic heterocycles. The van der Waals surface area contributed by atoms with E-state index in [9.17, 15) is 0 Å². The smallest absolute Gasteiger partial charge is 0.160 e. The van der Waals surface area contributed by atoms with E-state index in [0.717, 1.165) is 77.7 Å². The van der Waals surface area contributed by atoms with Crippen molar-refractivity contribution in [1.82, 2.24) is 19.9 Å². The average Bonchev–Trinajstić information content (AvgIpc) is 0.963. The fraction of sp³-hybridized carbons (Fsp3) is 0.0250. The lowest BCUT2D eigenvalue weighted by atomic mass is 9.61. The Balaban J connectivity index is 0.827. The molecule has 2 bridgehead atoms. The Kier molecular flexibility index (Phi) is 11.0. The van der Waals surface area contributed by atoms with Gasteiger partial charge in [-0.3, -0.25) is 0 Å². The van der Waals surface area contributed by atoms with E-state index in [0.29, 0.717) is 11.6 Å². The van der Waals surface area contributed by atoms with Crippen molar-refractivity contribution in [3.05, 3.63) is 325 Å². The van der Waals surface area contributed by atoms with Gasteiger partial charge in [-0.05, 0) is 123 Å². The standard InChI is InChI=1S/C80H50N4/c1-5-23-49(24-6-1)69-47-71(77-61-37-19-13-31-55(61)73(51-27-9-3-10-28-51)56-32-14-20-38-62(56)77)83-79(81-69)53-41-43-65-67(45-53)75-59-35-17-18-36-60(59)76(65)68-46-54(42-44-66(68)75)80-82-70(50-25-7-2-8-26-50)48-72(84-80)78-63-39-21-15-33-57(63)74(52-29-11-4-12-30-52)58-34-16-22-40-64(58)78/h1-48,75-76H. The summed E-state index contributed by atoms with van der Waals surface area (Å²) in [5, 5.41) is 9.38. The van der Waals surface area contributed by atoms with Crippen LogP contribution in [0.3, 0.4) is 0 Å². The van der Waals surface area contributed by atoms with Crippen molar-refractivity contribution < 1.29 is 0 Å². The van der Waals surface area contributed by atoms with Crippen LogP contribution in [0, 0.1) is 0 Å². The normalized spacial score (nSPS) is 14.0. The first-order valence-corrected chi connectivity index (χ1v) is 28.9. The first kappa shape index (κ1) is 47.8. The van der Waals surface area contributed by atoms with Gasteiger partial charge in [-0.15, -0.1) is 0 Å². The average molecular weight is 1070 g/mol. The molecular formula is C80H50N4. The molecule has 0 radical (unpaired) electrons. The maximum atomic E-state index is 5.63. The van der Waals surface area contributed by atoms with E-state index in [1.165, 1.54) is 77.2 Å². The molecule has 2 unspecified atom stereocenters. The topological polar surface area (TPSA) is 51.6 Å². The molecule has 0 saturated carbocycles. The molecule has 18 rings (SSSR count). The van der Waals surface area contributed by atoms with Crippen molar-refractivity contribution in [3.8, 4) is 90.1 Å². The second-order valence-corrected chi connectivity index (χ2v) is 22.3. The summed E-state index contributed by atoms with van der Waals surface area (Å²) in [7, 11) is 0. The molecule has 0 saturated heterocycles. The van der Waals surface area contributed by atoms with Gasteiger partial charge in [0.15, 0.2) is 11.6 Å². The molecule has 390 valence electrons. The van der Waals surface area contributed by atoms with Crippen molar-refractivity contribution in [2.45, 2.75) is 11.8 Å². The summed E-state index contributed by atoms with van der Waals surface area (Å²) in [4.78, 5) is 22.2. The zero-order valence-corrected chi connectivity index (χ0v) is 45.7. The summed E-state index contributed by atoms with van der Waals surface area (Å²) in [6.45, 7) is 0. The number of aromatic nitrogens is 4. The molecule has 2 aromatic heterocycles. The summed E-state index contributed by atoms with van der Waals surface area (Å²) in [6, 6.07) is 105. The van der Waals surface area contributed by atoms with Crippen LogP contribution in [-0.4, -0.2) is 19.9 Å². The van der Waals surface area contributed by atoms with Gasteiger partial charge in [-0.25, -0.2) is 19.9 Å². The lowest BCUT2D eigenvalue weighted by Gasteiger charge is -2.42. The quantitative estimate of drug-likeness (QED) is 0.142. The maximum absolute atomic E-state index is 5.63. The molecule has 2 atom stereocenters. The summed E-state index contributed by atoms with van der Waals surface area (Å²) >= 11 is 0. The van der Waals surface area contributed by atoms with Crippen LogP contribution in [0.4, 0.5) is 0 Å². The number of benzene rings is 13. The van der Waals surface area contributed by atoms with Crippen molar-refractivity contribution >= 4 is 43.1 Å². The molecule has 0 amide bonds. The molecule has 0 fully saturated rings. The zero-order chi connectivity index (χ0) is 55.2. The van der Waals surface area contributed by atoms with Crippen LogP contribution in [0.5, 0.6) is 0 Å². The zero-order valence-electron chi connectivity index (χ0n) is 45.7. The van der Waals surface area contributed by atoms with E-state index in [1.54, 1.807) is 0 Å². The summed E-state index contributed by atoms with van der Waals surface area (Å²) < 4.78 is 0. The summed E-state index contributed by atoms with van der Waals surface area (Å²) in [5.41, 5.74) is 22.5. The minimum Gasteiger partial charge on any atom is -0.228 e. The second kappa shape index (κ2) is 19.4. The second-order valence-electron chi connectivity index (χ2n) is 22.3. The minimum atomic E-state index is -0.00613. The lowest BCUT2D eigenvalue weighted by Crippen LogP contribution is -2.27. The van der Waals surface area contributed by atoms with Gasteiger partial charge in [0.05, 0.1) is 22.8 Å². The highest BCUT2D eigenvalue weighted by molar-refractivity contribution is 6.22. The van der Waals surface area contributed by atoms with E-state index in [4.69, 9.17) is 19.9 Å². The number of fused-ring (bicyclic) bond motifs is 4. The largest absolute Gasteiger partial charge is 0.228 e. The van der Waals surface area contributed by atoms with Crippen molar-refractivity contribution in [1.29, 1.82) is 0 Å². The Bertz CT molecular complexity index is 4700. The molecule has 84 heavy (non-hydrogen) atoms. The molecule has 4 nitrogen and oxygen atoms in total. The molecule has 3 aliphatic carbocycles. The van der Waals surface area contributed by atoms with Gasteiger partial charge >= 0.3 is 0 Å². The van der Waals surface area contributed by atoms with Gasteiger partial charge in [0.1, 0.15) is 0 Å². The fourth-order valence-electron chi connectivity index (χ4n) is 14.1. The van der Waals surface area contributed by atoms with Gasteiger partial charge in [-0.2, -0.15) is 0 Å². The molecule has 13 aromatic carbocycles. The minimum absolute atomic E-state index is 0.00613. The van der Waals surface area contributed by atoms with E-state index >= 15 is 0 Å². The number of hydrogen-bond acceptors (Lipinski definition) is 4. The van der Waals surface area contributed by atoms with Crippen molar-refractivity contribution in [2.24, 2.45) is 0 Å². The van der Waals surface area contributed by atoms with Crippen LogP contribution < -0.4 is 0 Å². The van der Waals surface area contributed by atoms with Crippen LogP contribution in [0.2, 0.25) is 0 Å². The predicted molar refractivity (Wildman–Crippen MR) is 346 cm³/mol. The van der Waals surface area contributed by atoms with Crippen LogP contribution in [0.15, 0.2) is 291 Å². The molecule has 4 heteroatoms. The molecule has 0 N–H and O–H groups in total. The Morgan fingerprint density at radius 2 is 0.440 bits per heavy atom. The molecule has 0 spiro atoms. The van der Waals surface area contributed by atoms with Gasteiger partial charge in [0.25, 0.3) is 0 Å². The van der Waals surface area contributed by atoms with Crippen LogP contribution in [0.25, 0.3) is 133 Å². The van der Waals surface area contributed by atoms with Gasteiger partial charge in [-0.1, -0.05) is 267 Å². The lowest BCUT2D eigenvalue weighted by molar-refractivity contribution is 0.754. The van der Waals surface area contributed by atoms with Crippen molar-refractivity contribution in [3.63, 3.8) is 0 Å². The Morgan fingerprint density at radius 3 is 0.774 bits per heavy atom. The molecule has 3 aliphatic rings. The monoisotopic (exact) mass is 1070 g/mol. The highest BCUT2D eigenvalue weighted by Crippen LogP contribution is 2.57. The van der Waals surface area contributed by atoms with Crippen LogP contribution in [0.1, 0.15) is 45.2 Å². The van der Waals surface area contributed by atoms with Gasteiger partial charge < -0.3 is 0 Å². The number of nitrogens with zero attached hydrogens (tertiary/aromatic N) is 4. The highest BCUT2D eigenvalue weighted by Gasteiger charge is 2.42. The van der Waals surface area contributed by atoms with Gasteiger partial charge in [0, 0.05) is 45.2 Å². The van der Waals surface area contributed by atoms with Gasteiger partial charge in [0.2, 0.25) is 0 Å². The Hall–Kier alpha value is -10.9. The molecular weight excluding hydrogens is 1020 g/mol. The summed E-state index contributed by atoms with van der Waals surface area (Å²) in [5.74, 6) is 1.38. The first-order chi connectivity index (χ1) is 41.7. The van der Waals surface area contributed by atoms with Crippen molar-refractivity contribution in [2.75, 3.05) is 0 Å². The van der Waals surface area contributed by atoms with E-state index in [2.05, 4.69) is 291 Å². The first-order valence-electron chi connectivity index (χ1n) is 28.9. The maximum Gasteiger partial charge on any atom is 0.160 e. The van der Waals surface area contributed by atoms with Crippen LogP contribution in [-0.2, 0) is 0 Å². The summed E-state index contributed by atoms with van der Waals surface area (Å²) in [6.07, 6.45) is 0. The van der Waals surface area contributed by atoms with E-state index in [1.807, 2.05) is 0 Å². The Labute approximate surface area is 486 Å². The highest BCUT2D eigenvalue weighted by atomic mass is 14.9. The molecule has 15 aromatic rings. The molecule has 2 heterocycles. The Morgan fingerprint density at radius 1 is 0.179 bits per heavy atom. The third-order valence-electron chi connectivity index (χ3n) is 17.6. The number of hydrogen-bond donors (Lipinski definition) is 0. The van der Waals surface area contributed by atoms with Crippen LogP contribution >= 0.6 is 0 Å². The predicted octanol–water partition coefficient (Wildman–Crippen LogP) is 20.2. The third kappa shape index (κ3) is 7.61. The third-order valence-corrected chi connectivity index (χ3v) is 17.6. The number of rotatable bonds is 8. The van der Waals surface area contributed by atoms with E-state index in [-0.39, 0.29) is 11.8 Å². The fourth-order valence-corrected chi connectivity index (χ4v) is 14.1. The SMILES string of the molecule is c1ccc(-c2cc(-c3c4ccccc4c(-c4ccccc4)c4ccccc34)nc(-c3ccc4c(c3)C3c5ccccc5C4c4cc(-c5nc(-c6ccccc6)cc(-c6c7ccccc7c(-c7ccccc7)c7ccccc67)n5)ccc43)n2)cc1.